The number of carbonyl (C=O) groups is 1. The molecule has 1 saturated heterocycles. The molecular formula is C15H20FNO2. The largest absolute Gasteiger partial charge is 0.507 e. The molecule has 1 aromatic carbocycles. The lowest BCUT2D eigenvalue weighted by Gasteiger charge is -2.32. The molecule has 1 aliphatic heterocycles. The predicted molar refractivity (Wildman–Crippen MR) is 71.6 cm³/mol. The van der Waals surface area contributed by atoms with E-state index < -0.39 is 5.82 Å². The summed E-state index contributed by atoms with van der Waals surface area (Å²) in [5.41, 5.74) is 0.190. The lowest BCUT2D eigenvalue weighted by Crippen LogP contribution is -2.38. The van der Waals surface area contributed by atoms with Crippen molar-refractivity contribution in [2.45, 2.75) is 32.6 Å². The average Bonchev–Trinajstić information content (AvgIpc) is 2.39. The lowest BCUT2D eigenvalue weighted by atomic mass is 9.92. The molecule has 1 fully saturated rings. The maximum atomic E-state index is 12.9. The van der Waals surface area contributed by atoms with Crippen molar-refractivity contribution >= 4 is 5.91 Å². The van der Waals surface area contributed by atoms with E-state index in [1.807, 2.05) is 0 Å². The first-order valence-corrected chi connectivity index (χ1v) is 6.89. The zero-order valence-corrected chi connectivity index (χ0v) is 11.2. The van der Waals surface area contributed by atoms with Gasteiger partial charge in [0.25, 0.3) is 5.91 Å². The Morgan fingerprint density at radius 1 is 1.42 bits per heavy atom. The molecule has 1 N–H and O–H groups in total. The molecule has 0 saturated carbocycles. The maximum absolute atomic E-state index is 12.9. The molecule has 0 bridgehead atoms. The Kier molecular flexibility index (Phi) is 4.40. The van der Waals surface area contributed by atoms with E-state index in [4.69, 9.17) is 0 Å². The summed E-state index contributed by atoms with van der Waals surface area (Å²) in [5, 5.41) is 9.64. The van der Waals surface area contributed by atoms with Crippen LogP contribution in [0.4, 0.5) is 4.39 Å². The van der Waals surface area contributed by atoms with Gasteiger partial charge in [-0.3, -0.25) is 4.79 Å². The van der Waals surface area contributed by atoms with E-state index in [1.54, 1.807) is 4.90 Å². The van der Waals surface area contributed by atoms with Crippen LogP contribution < -0.4 is 0 Å². The fourth-order valence-electron chi connectivity index (χ4n) is 2.69. The van der Waals surface area contributed by atoms with Gasteiger partial charge in [0.15, 0.2) is 0 Å². The second kappa shape index (κ2) is 6.04. The van der Waals surface area contributed by atoms with Crippen LogP contribution in [0.2, 0.25) is 0 Å². The highest BCUT2D eigenvalue weighted by Gasteiger charge is 2.24. The molecule has 1 amide bonds. The second-order valence-electron chi connectivity index (χ2n) is 5.19. The van der Waals surface area contributed by atoms with Crippen LogP contribution in [0.1, 0.15) is 43.0 Å². The minimum absolute atomic E-state index is 0.190. The molecule has 0 unspecified atom stereocenters. The van der Waals surface area contributed by atoms with Crippen molar-refractivity contribution in [3.05, 3.63) is 29.6 Å². The monoisotopic (exact) mass is 265 g/mol. The molecule has 0 aromatic heterocycles. The van der Waals surface area contributed by atoms with Gasteiger partial charge in [-0.2, -0.15) is 0 Å². The highest BCUT2D eigenvalue weighted by molar-refractivity contribution is 5.96. The summed E-state index contributed by atoms with van der Waals surface area (Å²) in [4.78, 5) is 14.0. The minimum atomic E-state index is -0.532. The van der Waals surface area contributed by atoms with Crippen molar-refractivity contribution in [1.29, 1.82) is 0 Å². The molecule has 1 aliphatic rings. The molecule has 1 heterocycles. The molecular weight excluding hydrogens is 245 g/mol. The van der Waals surface area contributed by atoms with Gasteiger partial charge >= 0.3 is 0 Å². The standard InChI is InChI=1S/C15H20FNO2/c1-2-3-11-6-8-17(9-7-11)15(19)13-5-4-12(16)10-14(13)18/h4-5,10-11,18H,2-3,6-9H2,1H3. The minimum Gasteiger partial charge on any atom is -0.507 e. The summed E-state index contributed by atoms with van der Waals surface area (Å²) in [6, 6.07) is 3.54. The van der Waals surface area contributed by atoms with Gasteiger partial charge < -0.3 is 10.0 Å². The van der Waals surface area contributed by atoms with Crippen LogP contribution in [0.3, 0.4) is 0 Å². The quantitative estimate of drug-likeness (QED) is 0.911. The second-order valence-corrected chi connectivity index (χ2v) is 5.19. The summed E-state index contributed by atoms with van der Waals surface area (Å²) >= 11 is 0. The van der Waals surface area contributed by atoms with Gasteiger partial charge in [0, 0.05) is 19.2 Å². The molecule has 0 aliphatic carbocycles. The van der Waals surface area contributed by atoms with Crippen molar-refractivity contribution < 1.29 is 14.3 Å². The fourth-order valence-corrected chi connectivity index (χ4v) is 2.69. The lowest BCUT2D eigenvalue weighted by molar-refractivity contribution is 0.0683. The maximum Gasteiger partial charge on any atom is 0.257 e. The van der Waals surface area contributed by atoms with Crippen molar-refractivity contribution in [2.75, 3.05) is 13.1 Å². The van der Waals surface area contributed by atoms with Crippen molar-refractivity contribution in [3.8, 4) is 5.75 Å². The van der Waals surface area contributed by atoms with Crippen LogP contribution in [0.15, 0.2) is 18.2 Å². The van der Waals surface area contributed by atoms with Crippen LogP contribution >= 0.6 is 0 Å². The first kappa shape index (κ1) is 13.8. The molecule has 0 atom stereocenters. The number of rotatable bonds is 3. The Balaban J connectivity index is 2.01. The number of hydrogen-bond donors (Lipinski definition) is 1. The number of nitrogens with zero attached hydrogens (tertiary/aromatic N) is 1. The topological polar surface area (TPSA) is 40.5 Å². The number of hydrogen-bond acceptors (Lipinski definition) is 2. The number of likely N-dealkylation sites (tertiary alicyclic amines) is 1. The molecule has 0 radical (unpaired) electrons. The number of benzene rings is 1. The van der Waals surface area contributed by atoms with Crippen molar-refractivity contribution in [3.63, 3.8) is 0 Å². The normalized spacial score (nSPS) is 16.6. The highest BCUT2D eigenvalue weighted by Crippen LogP contribution is 2.25. The third-order valence-corrected chi connectivity index (χ3v) is 3.79. The first-order valence-electron chi connectivity index (χ1n) is 6.89. The van der Waals surface area contributed by atoms with Gasteiger partial charge in [-0.1, -0.05) is 19.8 Å². The first-order chi connectivity index (χ1) is 9.11. The highest BCUT2D eigenvalue weighted by atomic mass is 19.1. The Labute approximate surface area is 113 Å². The number of amides is 1. The third kappa shape index (κ3) is 3.25. The van der Waals surface area contributed by atoms with E-state index >= 15 is 0 Å². The van der Waals surface area contributed by atoms with Crippen molar-refractivity contribution in [2.24, 2.45) is 5.92 Å². The summed E-state index contributed by atoms with van der Waals surface area (Å²) in [7, 11) is 0. The molecule has 2 rings (SSSR count). The van der Waals surface area contributed by atoms with Crippen LogP contribution in [0.25, 0.3) is 0 Å². The number of piperidine rings is 1. The zero-order chi connectivity index (χ0) is 13.8. The van der Waals surface area contributed by atoms with Gasteiger partial charge in [-0.05, 0) is 30.9 Å². The number of phenols is 1. The van der Waals surface area contributed by atoms with Gasteiger partial charge in [-0.25, -0.2) is 4.39 Å². The van der Waals surface area contributed by atoms with Crippen LogP contribution in [-0.4, -0.2) is 29.0 Å². The number of halogens is 1. The summed E-state index contributed by atoms with van der Waals surface area (Å²) in [5.74, 6) is -0.306. The van der Waals surface area contributed by atoms with E-state index in [-0.39, 0.29) is 17.2 Å². The van der Waals surface area contributed by atoms with E-state index in [1.165, 1.54) is 25.0 Å². The molecule has 0 spiro atoms. The molecule has 104 valence electrons. The summed E-state index contributed by atoms with van der Waals surface area (Å²) < 4.78 is 12.9. The average molecular weight is 265 g/mol. The zero-order valence-electron chi connectivity index (χ0n) is 11.2. The van der Waals surface area contributed by atoms with E-state index in [9.17, 15) is 14.3 Å². The molecule has 19 heavy (non-hydrogen) atoms. The smallest absolute Gasteiger partial charge is 0.257 e. The predicted octanol–water partition coefficient (Wildman–Crippen LogP) is 3.18. The van der Waals surface area contributed by atoms with Gasteiger partial charge in [-0.15, -0.1) is 0 Å². The van der Waals surface area contributed by atoms with Gasteiger partial charge in [0.1, 0.15) is 11.6 Å². The van der Waals surface area contributed by atoms with E-state index in [0.717, 1.165) is 32.0 Å². The number of phenolic OH excluding ortho intramolecular Hbond substituents is 1. The van der Waals surface area contributed by atoms with E-state index in [2.05, 4.69) is 6.92 Å². The molecule has 3 nitrogen and oxygen atoms in total. The van der Waals surface area contributed by atoms with E-state index in [0.29, 0.717) is 5.92 Å². The van der Waals surface area contributed by atoms with Crippen LogP contribution in [0, 0.1) is 11.7 Å². The SMILES string of the molecule is CCCC1CCN(C(=O)c2ccc(F)cc2O)CC1. The number of aromatic hydroxyl groups is 1. The van der Waals surface area contributed by atoms with Gasteiger partial charge in [0.2, 0.25) is 0 Å². The fraction of sp³-hybridized carbons (Fsp3) is 0.533. The van der Waals surface area contributed by atoms with Gasteiger partial charge in [0.05, 0.1) is 5.56 Å². The Morgan fingerprint density at radius 2 is 2.11 bits per heavy atom. The van der Waals surface area contributed by atoms with Crippen LogP contribution in [-0.2, 0) is 0 Å². The summed E-state index contributed by atoms with van der Waals surface area (Å²) in [6.45, 7) is 3.62. The van der Waals surface area contributed by atoms with Crippen LogP contribution in [0.5, 0.6) is 5.75 Å². The summed E-state index contributed by atoms with van der Waals surface area (Å²) in [6.07, 6.45) is 4.42. The molecule has 1 aromatic rings. The Hall–Kier alpha value is -1.58. The third-order valence-electron chi connectivity index (χ3n) is 3.79. The van der Waals surface area contributed by atoms with Crippen molar-refractivity contribution in [1.82, 2.24) is 4.90 Å². The Morgan fingerprint density at radius 3 is 2.68 bits per heavy atom. The number of carbonyl (C=O) groups excluding carboxylic acids is 1. The molecule has 4 heteroatoms. The Bertz CT molecular complexity index is 453.